The highest BCUT2D eigenvalue weighted by Gasteiger charge is 2.26. The van der Waals surface area contributed by atoms with Crippen molar-refractivity contribution in [3.63, 3.8) is 0 Å². The van der Waals surface area contributed by atoms with Gasteiger partial charge in [-0.25, -0.2) is 0 Å². The Kier molecular flexibility index (Phi) is 4.54. The molecule has 26 heavy (non-hydrogen) atoms. The topological polar surface area (TPSA) is 41.4 Å². The Balaban J connectivity index is 1.43. The van der Waals surface area contributed by atoms with Crippen LogP contribution in [0.1, 0.15) is 33.9 Å². The summed E-state index contributed by atoms with van der Waals surface area (Å²) in [5.41, 5.74) is 2.32. The molecular weight excluding hydrogens is 344 g/mol. The van der Waals surface area contributed by atoms with Crippen molar-refractivity contribution >= 4 is 27.5 Å². The fourth-order valence-electron chi connectivity index (χ4n) is 3.72. The maximum Gasteiger partial charge on any atom is 0.264 e. The van der Waals surface area contributed by atoms with Crippen molar-refractivity contribution in [2.45, 2.75) is 19.9 Å². The molecular formula is C20H24N4OS. The van der Waals surface area contributed by atoms with Gasteiger partial charge in [-0.3, -0.25) is 14.4 Å². The molecule has 0 aliphatic carbocycles. The Hall–Kier alpha value is -2.18. The van der Waals surface area contributed by atoms with Gasteiger partial charge < -0.3 is 4.90 Å². The number of benzene rings is 1. The maximum atomic E-state index is 12.9. The number of thiophene rings is 1. The third-order valence-electron chi connectivity index (χ3n) is 5.34. The lowest BCUT2D eigenvalue weighted by Crippen LogP contribution is -2.49. The largest absolute Gasteiger partial charge is 0.335 e. The number of amides is 1. The van der Waals surface area contributed by atoms with E-state index in [1.165, 1.54) is 5.56 Å². The summed E-state index contributed by atoms with van der Waals surface area (Å²) in [6.07, 6.45) is 0. The van der Waals surface area contributed by atoms with Gasteiger partial charge in [-0.2, -0.15) is 5.10 Å². The van der Waals surface area contributed by atoms with Gasteiger partial charge in [-0.05, 0) is 25.5 Å². The molecule has 5 nitrogen and oxygen atoms in total. The molecule has 6 heteroatoms. The molecule has 4 rings (SSSR count). The van der Waals surface area contributed by atoms with Crippen molar-refractivity contribution < 1.29 is 4.79 Å². The van der Waals surface area contributed by atoms with Crippen molar-refractivity contribution in [2.75, 3.05) is 26.2 Å². The highest BCUT2D eigenvalue weighted by molar-refractivity contribution is 7.20. The fraction of sp³-hybridized carbons (Fsp3) is 0.400. The molecule has 1 atom stereocenters. The SMILES string of the molecule is Cc1nn(C)c2sc(C(=O)N3CCN(C(C)c4ccccc4)CC3)cc12. The first-order chi connectivity index (χ1) is 12.5. The average molecular weight is 369 g/mol. The molecule has 1 aliphatic heterocycles. The molecule has 0 radical (unpaired) electrons. The van der Waals surface area contributed by atoms with Gasteiger partial charge in [-0.15, -0.1) is 11.3 Å². The Bertz CT molecular complexity index is 888. The van der Waals surface area contributed by atoms with Crippen LogP contribution in [0.2, 0.25) is 0 Å². The zero-order valence-corrected chi connectivity index (χ0v) is 16.3. The third-order valence-corrected chi connectivity index (χ3v) is 6.53. The first kappa shape index (κ1) is 17.2. The number of piperazine rings is 1. The van der Waals surface area contributed by atoms with Gasteiger partial charge in [0.2, 0.25) is 0 Å². The van der Waals surface area contributed by atoms with Gasteiger partial charge in [0.05, 0.1) is 10.6 Å². The van der Waals surface area contributed by atoms with E-state index in [1.54, 1.807) is 11.3 Å². The van der Waals surface area contributed by atoms with Crippen LogP contribution in [-0.2, 0) is 7.05 Å². The fourth-order valence-corrected chi connectivity index (χ4v) is 4.81. The van der Waals surface area contributed by atoms with E-state index in [0.717, 1.165) is 47.0 Å². The first-order valence-corrected chi connectivity index (χ1v) is 9.87. The number of carbonyl (C=O) groups is 1. The van der Waals surface area contributed by atoms with Crippen molar-refractivity contribution in [3.8, 4) is 0 Å². The normalized spacial score (nSPS) is 17.0. The summed E-state index contributed by atoms with van der Waals surface area (Å²) in [5, 5.41) is 5.51. The van der Waals surface area contributed by atoms with Crippen LogP contribution in [0.15, 0.2) is 36.4 Å². The summed E-state index contributed by atoms with van der Waals surface area (Å²) >= 11 is 1.55. The minimum atomic E-state index is 0.151. The molecule has 1 amide bonds. The third kappa shape index (κ3) is 3.04. The predicted molar refractivity (Wildman–Crippen MR) is 106 cm³/mol. The van der Waals surface area contributed by atoms with Gasteiger partial charge in [0, 0.05) is 44.7 Å². The van der Waals surface area contributed by atoms with E-state index in [1.807, 2.05) is 29.6 Å². The number of aromatic nitrogens is 2. The summed E-state index contributed by atoms with van der Waals surface area (Å²) < 4.78 is 1.87. The van der Waals surface area contributed by atoms with Crippen molar-refractivity contribution in [2.24, 2.45) is 7.05 Å². The molecule has 1 aromatic carbocycles. The molecule has 0 N–H and O–H groups in total. The minimum Gasteiger partial charge on any atom is -0.335 e. The van der Waals surface area contributed by atoms with Gasteiger partial charge in [-0.1, -0.05) is 30.3 Å². The van der Waals surface area contributed by atoms with Crippen LogP contribution in [0.5, 0.6) is 0 Å². The van der Waals surface area contributed by atoms with Gasteiger partial charge in [0.15, 0.2) is 0 Å². The molecule has 1 unspecified atom stereocenters. The predicted octanol–water partition coefficient (Wildman–Crippen LogP) is 3.46. The second-order valence-electron chi connectivity index (χ2n) is 6.95. The van der Waals surface area contributed by atoms with Crippen LogP contribution in [0, 0.1) is 6.92 Å². The number of hydrogen-bond donors (Lipinski definition) is 0. The average Bonchev–Trinajstić information content (AvgIpc) is 3.23. The van der Waals surface area contributed by atoms with Crippen LogP contribution in [0.3, 0.4) is 0 Å². The molecule has 0 bridgehead atoms. The minimum absolute atomic E-state index is 0.151. The van der Waals surface area contributed by atoms with Gasteiger partial charge >= 0.3 is 0 Å². The molecule has 0 spiro atoms. The Morgan fingerprint density at radius 2 is 1.85 bits per heavy atom. The quantitative estimate of drug-likeness (QED) is 0.711. The number of rotatable bonds is 3. The Morgan fingerprint density at radius 1 is 1.15 bits per heavy atom. The van der Waals surface area contributed by atoms with E-state index in [4.69, 9.17) is 0 Å². The lowest BCUT2D eigenvalue weighted by molar-refractivity contribution is 0.0586. The molecule has 3 aromatic rings. The standard InChI is InChI=1S/C20H24N4OS/c1-14-17-13-18(26-20(17)22(3)21-14)19(25)24-11-9-23(10-12-24)15(2)16-7-5-4-6-8-16/h4-8,13,15H,9-12H2,1-3H3. The second kappa shape index (κ2) is 6.85. The number of hydrogen-bond acceptors (Lipinski definition) is 4. The highest BCUT2D eigenvalue weighted by Crippen LogP contribution is 2.29. The molecule has 2 aromatic heterocycles. The lowest BCUT2D eigenvalue weighted by Gasteiger charge is -2.38. The monoisotopic (exact) mass is 368 g/mol. The summed E-state index contributed by atoms with van der Waals surface area (Å²) in [4.78, 5) is 19.3. The zero-order valence-electron chi connectivity index (χ0n) is 15.5. The zero-order chi connectivity index (χ0) is 18.3. The van der Waals surface area contributed by atoms with Crippen LogP contribution in [0.25, 0.3) is 10.2 Å². The lowest BCUT2D eigenvalue weighted by atomic mass is 10.1. The Labute approximate surface area is 157 Å². The maximum absolute atomic E-state index is 12.9. The van der Waals surface area contributed by atoms with E-state index >= 15 is 0 Å². The van der Waals surface area contributed by atoms with Crippen molar-refractivity contribution in [1.82, 2.24) is 19.6 Å². The highest BCUT2D eigenvalue weighted by atomic mass is 32.1. The number of aryl methyl sites for hydroxylation is 2. The molecule has 0 saturated carbocycles. The molecule has 136 valence electrons. The summed E-state index contributed by atoms with van der Waals surface area (Å²) in [6.45, 7) is 7.62. The number of carbonyl (C=O) groups excluding carboxylic acids is 1. The molecule has 3 heterocycles. The number of fused-ring (bicyclic) bond motifs is 1. The smallest absolute Gasteiger partial charge is 0.264 e. The van der Waals surface area contributed by atoms with Gasteiger partial charge in [0.1, 0.15) is 4.83 Å². The van der Waals surface area contributed by atoms with E-state index in [9.17, 15) is 4.79 Å². The molecule has 1 aliphatic rings. The van der Waals surface area contributed by atoms with Crippen molar-refractivity contribution in [1.29, 1.82) is 0 Å². The van der Waals surface area contributed by atoms with Crippen LogP contribution < -0.4 is 0 Å². The van der Waals surface area contributed by atoms with Crippen LogP contribution in [-0.4, -0.2) is 51.7 Å². The second-order valence-corrected chi connectivity index (χ2v) is 7.98. The summed E-state index contributed by atoms with van der Waals surface area (Å²) in [5.74, 6) is 0.151. The molecule has 1 fully saturated rings. The van der Waals surface area contributed by atoms with E-state index < -0.39 is 0 Å². The summed E-state index contributed by atoms with van der Waals surface area (Å²) in [7, 11) is 1.93. The van der Waals surface area contributed by atoms with Crippen LogP contribution >= 0.6 is 11.3 Å². The van der Waals surface area contributed by atoms with E-state index in [0.29, 0.717) is 6.04 Å². The van der Waals surface area contributed by atoms with E-state index in [-0.39, 0.29) is 5.91 Å². The number of nitrogens with zero attached hydrogens (tertiary/aromatic N) is 4. The van der Waals surface area contributed by atoms with Gasteiger partial charge in [0.25, 0.3) is 5.91 Å². The Morgan fingerprint density at radius 3 is 2.50 bits per heavy atom. The van der Waals surface area contributed by atoms with E-state index in [2.05, 4.69) is 47.3 Å². The van der Waals surface area contributed by atoms with Crippen molar-refractivity contribution in [3.05, 3.63) is 52.5 Å². The summed E-state index contributed by atoms with van der Waals surface area (Å²) in [6, 6.07) is 13.0. The molecule has 1 saturated heterocycles. The first-order valence-electron chi connectivity index (χ1n) is 9.06. The van der Waals surface area contributed by atoms with Crippen LogP contribution in [0.4, 0.5) is 0 Å².